The van der Waals surface area contributed by atoms with Crippen molar-refractivity contribution in [3.05, 3.63) is 28.2 Å². The summed E-state index contributed by atoms with van der Waals surface area (Å²) < 4.78 is 6.65. The highest BCUT2D eigenvalue weighted by Crippen LogP contribution is 2.22. The first kappa shape index (κ1) is 15.3. The molecule has 0 bridgehead atoms. The number of piperazine rings is 1. The zero-order valence-electron chi connectivity index (χ0n) is 13.0. The lowest BCUT2D eigenvalue weighted by Crippen LogP contribution is -3.29. The Bertz CT molecular complexity index is 466. The molecular weight excluding hydrogens is 328 g/mol. The van der Waals surface area contributed by atoms with E-state index < -0.39 is 0 Å². The molecule has 1 saturated carbocycles. The van der Waals surface area contributed by atoms with Crippen LogP contribution in [-0.4, -0.2) is 39.3 Å². The highest BCUT2D eigenvalue weighted by Gasteiger charge is 2.31. The van der Waals surface area contributed by atoms with Gasteiger partial charge in [0.25, 0.3) is 0 Å². The molecule has 0 radical (unpaired) electrons. The molecule has 4 heteroatoms. The quantitative estimate of drug-likeness (QED) is 0.813. The topological polar surface area (TPSA) is 18.1 Å². The van der Waals surface area contributed by atoms with Gasteiger partial charge in [-0.3, -0.25) is 0 Å². The van der Waals surface area contributed by atoms with Crippen molar-refractivity contribution >= 4 is 15.9 Å². The lowest BCUT2D eigenvalue weighted by Gasteiger charge is -2.33. The van der Waals surface area contributed by atoms with Gasteiger partial charge in [-0.2, -0.15) is 0 Å². The molecule has 1 aliphatic heterocycles. The summed E-state index contributed by atoms with van der Waals surface area (Å²) in [6.07, 6.45) is 5.84. The molecule has 2 N–H and O–H groups in total. The van der Waals surface area contributed by atoms with Crippen LogP contribution in [0.4, 0.5) is 0 Å². The third kappa shape index (κ3) is 3.79. The van der Waals surface area contributed by atoms with E-state index >= 15 is 0 Å². The number of methoxy groups -OCH3 is 1. The van der Waals surface area contributed by atoms with Crippen LogP contribution >= 0.6 is 15.9 Å². The summed E-state index contributed by atoms with van der Waals surface area (Å²) in [7, 11) is 1.77. The van der Waals surface area contributed by atoms with Crippen LogP contribution < -0.4 is 14.5 Å². The third-order valence-electron chi connectivity index (χ3n) is 5.21. The second-order valence-electron chi connectivity index (χ2n) is 6.52. The van der Waals surface area contributed by atoms with Gasteiger partial charge in [-0.1, -0.05) is 15.9 Å². The van der Waals surface area contributed by atoms with Crippen molar-refractivity contribution in [1.29, 1.82) is 0 Å². The van der Waals surface area contributed by atoms with Gasteiger partial charge >= 0.3 is 0 Å². The largest absolute Gasteiger partial charge is 0.496 e. The fraction of sp³-hybridized carbons (Fsp3) is 0.647. The van der Waals surface area contributed by atoms with E-state index in [2.05, 4.69) is 34.1 Å². The molecule has 2 aliphatic rings. The normalized spacial score (nSPS) is 27.0. The van der Waals surface area contributed by atoms with Crippen molar-refractivity contribution in [2.45, 2.75) is 38.3 Å². The Kier molecular flexibility index (Phi) is 5.19. The zero-order valence-corrected chi connectivity index (χ0v) is 14.5. The van der Waals surface area contributed by atoms with Crippen molar-refractivity contribution in [2.24, 2.45) is 0 Å². The second-order valence-corrected chi connectivity index (χ2v) is 7.44. The summed E-state index contributed by atoms with van der Waals surface area (Å²) in [6, 6.07) is 7.30. The predicted octanol–water partition coefficient (Wildman–Crippen LogP) is 0.684. The van der Waals surface area contributed by atoms with Crippen molar-refractivity contribution in [2.75, 3.05) is 33.3 Å². The number of hydrogen-bond donors (Lipinski definition) is 2. The smallest absolute Gasteiger partial charge is 0.127 e. The SMILES string of the molecule is COc1ccc(Br)cc1C[NH+]1CC[NH+](C2CCCC2)CC1. The van der Waals surface area contributed by atoms with Gasteiger partial charge in [-0.15, -0.1) is 0 Å². The van der Waals surface area contributed by atoms with Crippen molar-refractivity contribution in [3.8, 4) is 5.75 Å². The molecular formula is C17H27BrN2O+2. The molecule has 1 saturated heterocycles. The first-order chi connectivity index (χ1) is 10.3. The first-order valence-corrected chi connectivity index (χ1v) is 9.06. The Balaban J connectivity index is 1.56. The van der Waals surface area contributed by atoms with Crippen molar-refractivity contribution in [3.63, 3.8) is 0 Å². The van der Waals surface area contributed by atoms with Gasteiger partial charge in [-0.05, 0) is 43.9 Å². The number of ether oxygens (including phenoxy) is 1. The molecule has 1 aromatic carbocycles. The molecule has 0 spiro atoms. The van der Waals surface area contributed by atoms with Gasteiger partial charge in [0.2, 0.25) is 0 Å². The highest BCUT2D eigenvalue weighted by molar-refractivity contribution is 9.10. The van der Waals surface area contributed by atoms with Crippen LogP contribution in [0.15, 0.2) is 22.7 Å². The molecule has 21 heavy (non-hydrogen) atoms. The summed E-state index contributed by atoms with van der Waals surface area (Å²) in [5.41, 5.74) is 1.33. The number of hydrogen-bond acceptors (Lipinski definition) is 1. The second kappa shape index (κ2) is 7.12. The van der Waals surface area contributed by atoms with Gasteiger partial charge < -0.3 is 14.5 Å². The molecule has 0 amide bonds. The molecule has 0 unspecified atom stereocenters. The first-order valence-electron chi connectivity index (χ1n) is 8.27. The molecule has 3 nitrogen and oxygen atoms in total. The molecule has 1 aliphatic carbocycles. The molecule has 0 aromatic heterocycles. The van der Waals surface area contributed by atoms with Crippen LogP contribution in [0.1, 0.15) is 31.2 Å². The van der Waals surface area contributed by atoms with E-state index in [1.54, 1.807) is 12.0 Å². The van der Waals surface area contributed by atoms with Gasteiger partial charge in [0, 0.05) is 10.0 Å². The number of benzene rings is 1. The van der Waals surface area contributed by atoms with Crippen molar-refractivity contribution in [1.82, 2.24) is 0 Å². The van der Waals surface area contributed by atoms with Crippen LogP contribution in [0.3, 0.4) is 0 Å². The fourth-order valence-electron chi connectivity index (χ4n) is 4.00. The summed E-state index contributed by atoms with van der Waals surface area (Å²) >= 11 is 3.58. The standard InChI is InChI=1S/C17H25BrN2O/c1-21-17-7-6-15(18)12-14(17)13-19-8-10-20(11-9-19)16-4-2-3-5-16/h6-7,12,16H,2-5,8-11,13H2,1H3/p+2. The highest BCUT2D eigenvalue weighted by atomic mass is 79.9. The minimum absolute atomic E-state index is 0.965. The Morgan fingerprint density at radius 1 is 1.14 bits per heavy atom. The maximum atomic E-state index is 5.50. The van der Waals surface area contributed by atoms with E-state index in [9.17, 15) is 0 Å². The van der Waals surface area contributed by atoms with Crippen LogP contribution in [0, 0.1) is 0 Å². The van der Waals surface area contributed by atoms with Crippen molar-refractivity contribution < 1.29 is 14.5 Å². The number of quaternary nitrogens is 2. The molecule has 2 fully saturated rings. The van der Waals surface area contributed by atoms with E-state index in [0.717, 1.165) is 22.8 Å². The Hall–Kier alpha value is -0.580. The lowest BCUT2D eigenvalue weighted by atomic mass is 10.1. The summed E-state index contributed by atoms with van der Waals surface area (Å²) in [6.45, 7) is 6.36. The van der Waals surface area contributed by atoms with E-state index in [4.69, 9.17) is 4.74 Å². The number of rotatable bonds is 4. The van der Waals surface area contributed by atoms with E-state index in [-0.39, 0.29) is 0 Å². The van der Waals surface area contributed by atoms with E-state index in [0.29, 0.717) is 0 Å². The number of halogens is 1. The fourth-order valence-corrected chi connectivity index (χ4v) is 4.41. The molecule has 116 valence electrons. The molecule has 1 aromatic rings. The van der Waals surface area contributed by atoms with E-state index in [1.165, 1.54) is 57.4 Å². The van der Waals surface area contributed by atoms with Crippen LogP contribution in [0.5, 0.6) is 5.75 Å². The minimum atomic E-state index is 0.965. The maximum Gasteiger partial charge on any atom is 0.127 e. The summed E-state index contributed by atoms with van der Waals surface area (Å²) in [4.78, 5) is 3.57. The van der Waals surface area contributed by atoms with Crippen LogP contribution in [0.2, 0.25) is 0 Å². The molecule has 1 heterocycles. The predicted molar refractivity (Wildman–Crippen MR) is 88.0 cm³/mol. The van der Waals surface area contributed by atoms with Gasteiger partial charge in [0.15, 0.2) is 0 Å². The minimum Gasteiger partial charge on any atom is -0.496 e. The average Bonchev–Trinajstić information content (AvgIpc) is 3.03. The van der Waals surface area contributed by atoms with Gasteiger partial charge in [0.05, 0.1) is 13.2 Å². The molecule has 3 rings (SSSR count). The summed E-state index contributed by atoms with van der Waals surface area (Å²) in [5, 5.41) is 0. The monoisotopic (exact) mass is 354 g/mol. The Morgan fingerprint density at radius 3 is 2.52 bits per heavy atom. The Labute approximate surface area is 136 Å². The van der Waals surface area contributed by atoms with Gasteiger partial charge in [-0.25, -0.2) is 0 Å². The summed E-state index contributed by atoms with van der Waals surface area (Å²) in [5.74, 6) is 1.02. The zero-order chi connectivity index (χ0) is 14.7. The Morgan fingerprint density at radius 2 is 1.86 bits per heavy atom. The van der Waals surface area contributed by atoms with Crippen LogP contribution in [0.25, 0.3) is 0 Å². The average molecular weight is 355 g/mol. The third-order valence-corrected chi connectivity index (χ3v) is 5.71. The van der Waals surface area contributed by atoms with Crippen LogP contribution in [-0.2, 0) is 6.54 Å². The lowest BCUT2D eigenvalue weighted by molar-refractivity contribution is -1.03. The number of nitrogens with one attached hydrogen (secondary N) is 2. The molecule has 0 atom stereocenters. The maximum absolute atomic E-state index is 5.50. The van der Waals surface area contributed by atoms with E-state index in [1.807, 2.05) is 4.90 Å². The van der Waals surface area contributed by atoms with Gasteiger partial charge in [0.1, 0.15) is 38.5 Å².